The van der Waals surface area contributed by atoms with Crippen LogP contribution < -0.4 is 21.6 Å². The minimum absolute atomic E-state index is 0.153. The number of aromatic carboxylic acids is 1. The second-order valence-electron chi connectivity index (χ2n) is 6.20. The monoisotopic (exact) mass is 353 g/mol. The van der Waals surface area contributed by atoms with Crippen LogP contribution in [0.1, 0.15) is 36.2 Å². The molecule has 9 heteroatoms. The van der Waals surface area contributed by atoms with Gasteiger partial charge in [0.1, 0.15) is 12.2 Å². The van der Waals surface area contributed by atoms with E-state index in [-0.39, 0.29) is 18.2 Å². The number of rotatable bonds is 5. The number of carbonyl (C=O) groups is 1. The molecular weight excluding hydrogens is 336 g/mol. The van der Waals surface area contributed by atoms with Gasteiger partial charge in [0.25, 0.3) is 0 Å². The summed E-state index contributed by atoms with van der Waals surface area (Å²) in [5.74, 6) is -4.55. The first-order chi connectivity index (χ1) is 11.7. The number of ether oxygens (including phenoxy) is 1. The Bertz CT molecular complexity index is 936. The molecule has 1 aliphatic carbocycles. The summed E-state index contributed by atoms with van der Waals surface area (Å²) in [5.41, 5.74) is 8.71. The average molecular weight is 353 g/mol. The number of carboxylic acids is 1. The smallest absolute Gasteiger partial charge is 0.341 e. The molecular formula is C16H17F2N3O4. The minimum Gasteiger partial charge on any atom is -0.486 e. The Balaban J connectivity index is 2.38. The Morgan fingerprint density at radius 2 is 2.08 bits per heavy atom. The number of benzene rings is 1. The molecule has 134 valence electrons. The molecule has 1 aromatic heterocycles. The molecule has 1 heterocycles. The SMILES string of the molecule is CC(N)COc1c(F)c(N)c2c(=O)c(C(=O)O)cn(C3CC3)c2c1F. The van der Waals surface area contributed by atoms with Gasteiger partial charge in [-0.15, -0.1) is 0 Å². The van der Waals surface area contributed by atoms with Crippen LogP contribution in [0.4, 0.5) is 14.5 Å². The van der Waals surface area contributed by atoms with E-state index in [4.69, 9.17) is 16.2 Å². The lowest BCUT2D eigenvalue weighted by molar-refractivity contribution is 0.0695. The second-order valence-corrected chi connectivity index (χ2v) is 6.20. The van der Waals surface area contributed by atoms with Crippen LogP contribution in [0.2, 0.25) is 0 Å². The zero-order valence-corrected chi connectivity index (χ0v) is 13.4. The molecule has 1 unspecified atom stereocenters. The molecule has 1 saturated carbocycles. The number of hydrogen-bond donors (Lipinski definition) is 3. The minimum atomic E-state index is -1.49. The molecule has 7 nitrogen and oxygen atoms in total. The highest BCUT2D eigenvalue weighted by atomic mass is 19.1. The number of halogens is 2. The fourth-order valence-corrected chi connectivity index (χ4v) is 2.68. The summed E-state index contributed by atoms with van der Waals surface area (Å²) in [5, 5.41) is 8.71. The maximum absolute atomic E-state index is 15.0. The van der Waals surface area contributed by atoms with E-state index in [0.29, 0.717) is 12.8 Å². The van der Waals surface area contributed by atoms with Gasteiger partial charge in [0, 0.05) is 18.3 Å². The molecule has 3 rings (SSSR count). The van der Waals surface area contributed by atoms with Crippen molar-refractivity contribution in [2.24, 2.45) is 5.73 Å². The molecule has 0 radical (unpaired) electrons. The first kappa shape index (κ1) is 17.2. The Kier molecular flexibility index (Phi) is 4.11. The molecule has 0 aliphatic heterocycles. The number of fused-ring (bicyclic) bond motifs is 1. The van der Waals surface area contributed by atoms with Crippen LogP contribution in [0, 0.1) is 11.6 Å². The van der Waals surface area contributed by atoms with Crippen molar-refractivity contribution in [3.8, 4) is 5.75 Å². The van der Waals surface area contributed by atoms with E-state index in [1.54, 1.807) is 6.92 Å². The van der Waals surface area contributed by atoms with Gasteiger partial charge in [0.05, 0.1) is 16.6 Å². The number of hydrogen-bond acceptors (Lipinski definition) is 5. The molecule has 5 N–H and O–H groups in total. The number of nitrogens with zero attached hydrogens (tertiary/aromatic N) is 1. The first-order valence-electron chi connectivity index (χ1n) is 7.71. The summed E-state index contributed by atoms with van der Waals surface area (Å²) >= 11 is 0. The molecule has 1 atom stereocenters. The third kappa shape index (κ3) is 2.80. The summed E-state index contributed by atoms with van der Waals surface area (Å²) in [6, 6.07) is -0.655. The van der Waals surface area contributed by atoms with E-state index in [2.05, 4.69) is 0 Å². The highest BCUT2D eigenvalue weighted by Gasteiger charge is 2.32. The predicted octanol–water partition coefficient (Wildman–Crippen LogP) is 1.62. The van der Waals surface area contributed by atoms with Crippen LogP contribution in [-0.2, 0) is 0 Å². The molecule has 1 fully saturated rings. The number of anilines is 1. The fraction of sp³-hybridized carbons (Fsp3) is 0.375. The van der Waals surface area contributed by atoms with E-state index < -0.39 is 51.5 Å². The molecule has 1 aliphatic rings. The van der Waals surface area contributed by atoms with E-state index >= 15 is 0 Å². The largest absolute Gasteiger partial charge is 0.486 e. The normalized spacial score (nSPS) is 15.4. The van der Waals surface area contributed by atoms with Gasteiger partial charge in [-0.05, 0) is 19.8 Å². The van der Waals surface area contributed by atoms with Gasteiger partial charge < -0.3 is 25.9 Å². The van der Waals surface area contributed by atoms with Crippen molar-refractivity contribution < 1.29 is 23.4 Å². The third-order valence-corrected chi connectivity index (χ3v) is 4.01. The van der Waals surface area contributed by atoms with Gasteiger partial charge >= 0.3 is 5.97 Å². The van der Waals surface area contributed by atoms with Crippen LogP contribution in [0.3, 0.4) is 0 Å². The third-order valence-electron chi connectivity index (χ3n) is 4.01. The van der Waals surface area contributed by atoms with Crippen molar-refractivity contribution in [3.63, 3.8) is 0 Å². The average Bonchev–Trinajstić information content (AvgIpc) is 3.36. The summed E-state index contributed by atoms with van der Waals surface area (Å²) < 4.78 is 35.9. The lowest BCUT2D eigenvalue weighted by Crippen LogP contribution is -2.25. The number of nitrogens with two attached hydrogens (primary N) is 2. The van der Waals surface area contributed by atoms with E-state index in [9.17, 15) is 23.5 Å². The molecule has 25 heavy (non-hydrogen) atoms. The number of nitrogen functional groups attached to an aromatic ring is 1. The maximum Gasteiger partial charge on any atom is 0.341 e. The van der Waals surface area contributed by atoms with Crippen molar-refractivity contribution >= 4 is 22.6 Å². The zero-order valence-electron chi connectivity index (χ0n) is 13.4. The molecule has 0 spiro atoms. The van der Waals surface area contributed by atoms with Crippen LogP contribution in [0.5, 0.6) is 5.75 Å². The second kappa shape index (κ2) is 5.99. The van der Waals surface area contributed by atoms with Crippen molar-refractivity contribution in [2.75, 3.05) is 12.3 Å². The lowest BCUT2D eigenvalue weighted by atomic mass is 10.1. The molecule has 0 saturated heterocycles. The standard InChI is InChI=1S/C16H17F2N3O4/c1-6(19)5-25-15-10(17)12(20)9-13(11(15)18)21(7-2-3-7)4-8(14(9)22)16(23)24/h4,6-7H,2-3,5,19-20H2,1H3,(H,23,24). The zero-order chi connectivity index (χ0) is 18.5. The summed E-state index contributed by atoms with van der Waals surface area (Å²) in [6.07, 6.45) is 2.44. The summed E-state index contributed by atoms with van der Waals surface area (Å²) in [6.45, 7) is 1.44. The van der Waals surface area contributed by atoms with E-state index in [0.717, 1.165) is 6.20 Å². The Morgan fingerprint density at radius 3 is 2.60 bits per heavy atom. The van der Waals surface area contributed by atoms with Crippen molar-refractivity contribution in [3.05, 3.63) is 33.6 Å². The Labute approximate surface area is 140 Å². The van der Waals surface area contributed by atoms with E-state index in [1.165, 1.54) is 4.57 Å². The first-order valence-corrected chi connectivity index (χ1v) is 7.71. The van der Waals surface area contributed by atoms with Gasteiger partial charge in [0.2, 0.25) is 5.43 Å². The lowest BCUT2D eigenvalue weighted by Gasteiger charge is -2.18. The van der Waals surface area contributed by atoms with Crippen LogP contribution in [0.25, 0.3) is 10.9 Å². The highest BCUT2D eigenvalue weighted by molar-refractivity contribution is 5.98. The van der Waals surface area contributed by atoms with Gasteiger partial charge in [-0.1, -0.05) is 0 Å². The van der Waals surface area contributed by atoms with Gasteiger partial charge in [-0.3, -0.25) is 4.79 Å². The Morgan fingerprint density at radius 1 is 1.44 bits per heavy atom. The van der Waals surface area contributed by atoms with Crippen LogP contribution in [-0.4, -0.2) is 28.3 Å². The van der Waals surface area contributed by atoms with E-state index in [1.807, 2.05) is 0 Å². The topological polar surface area (TPSA) is 121 Å². The quantitative estimate of drug-likeness (QED) is 0.703. The predicted molar refractivity (Wildman–Crippen MR) is 86.9 cm³/mol. The summed E-state index contributed by atoms with van der Waals surface area (Å²) in [4.78, 5) is 23.7. The molecule has 2 aromatic rings. The van der Waals surface area contributed by atoms with Crippen LogP contribution in [0.15, 0.2) is 11.0 Å². The van der Waals surface area contributed by atoms with Crippen LogP contribution >= 0.6 is 0 Å². The van der Waals surface area contributed by atoms with Crippen molar-refractivity contribution in [1.29, 1.82) is 0 Å². The van der Waals surface area contributed by atoms with Gasteiger partial charge in [-0.25, -0.2) is 13.6 Å². The number of pyridine rings is 1. The van der Waals surface area contributed by atoms with Gasteiger partial charge in [-0.2, -0.15) is 0 Å². The molecule has 0 amide bonds. The fourth-order valence-electron chi connectivity index (χ4n) is 2.68. The van der Waals surface area contributed by atoms with Crippen molar-refractivity contribution in [2.45, 2.75) is 31.8 Å². The highest BCUT2D eigenvalue weighted by Crippen LogP contribution is 2.41. The molecule has 1 aromatic carbocycles. The van der Waals surface area contributed by atoms with Gasteiger partial charge in [0.15, 0.2) is 17.4 Å². The Hall–Kier alpha value is -2.68. The summed E-state index contributed by atoms with van der Waals surface area (Å²) in [7, 11) is 0. The van der Waals surface area contributed by atoms with Crippen molar-refractivity contribution in [1.82, 2.24) is 4.57 Å². The maximum atomic E-state index is 15.0. The number of aromatic nitrogens is 1. The molecule has 0 bridgehead atoms. The number of carboxylic acid groups (broad SMARTS) is 1.